The third kappa shape index (κ3) is 1.70. The van der Waals surface area contributed by atoms with Crippen LogP contribution in [0, 0.1) is 0 Å². The third-order valence-electron chi connectivity index (χ3n) is 2.74. The molecule has 0 aliphatic heterocycles. The van der Waals surface area contributed by atoms with Crippen LogP contribution in [0.3, 0.4) is 0 Å². The lowest BCUT2D eigenvalue weighted by Gasteiger charge is -1.99. The van der Waals surface area contributed by atoms with Crippen molar-refractivity contribution in [1.82, 2.24) is 9.78 Å². The quantitative estimate of drug-likeness (QED) is 0.746. The van der Waals surface area contributed by atoms with E-state index in [-0.39, 0.29) is 0 Å². The van der Waals surface area contributed by atoms with Gasteiger partial charge in [0.1, 0.15) is 6.00 Å². The molecule has 1 aliphatic carbocycles. The molecule has 78 valence electrons. The monoisotopic (exact) mass is 238 g/mol. The van der Waals surface area contributed by atoms with E-state index in [2.05, 4.69) is 28.0 Å². The van der Waals surface area contributed by atoms with E-state index in [0.717, 1.165) is 5.69 Å². The van der Waals surface area contributed by atoms with E-state index in [0.29, 0.717) is 11.9 Å². The van der Waals surface area contributed by atoms with Gasteiger partial charge in [0.05, 0.1) is 5.69 Å². The molecule has 0 bridgehead atoms. The Balaban J connectivity index is 2.03. The van der Waals surface area contributed by atoms with Crippen molar-refractivity contribution >= 4 is 22.9 Å². The van der Waals surface area contributed by atoms with Crippen molar-refractivity contribution in [2.75, 3.05) is 0 Å². The van der Waals surface area contributed by atoms with Gasteiger partial charge in [-0.2, -0.15) is 16.4 Å². The van der Waals surface area contributed by atoms with Crippen LogP contribution in [0.1, 0.15) is 24.5 Å². The molecule has 0 N–H and O–H groups in total. The molecule has 2 aromatic rings. The first-order valence-electron chi connectivity index (χ1n) is 5.05. The van der Waals surface area contributed by atoms with E-state index >= 15 is 0 Å². The van der Waals surface area contributed by atoms with E-state index < -0.39 is 0 Å². The molecule has 2 aromatic heterocycles. The van der Waals surface area contributed by atoms with Crippen LogP contribution in [0.4, 0.5) is 0 Å². The lowest BCUT2D eigenvalue weighted by molar-refractivity contribution is 0.696. The fourth-order valence-corrected chi connectivity index (χ4v) is 2.63. The van der Waals surface area contributed by atoms with E-state index in [1.165, 1.54) is 24.1 Å². The van der Waals surface area contributed by atoms with Gasteiger partial charge in [-0.3, -0.25) is 4.68 Å². The lowest BCUT2D eigenvalue weighted by Crippen LogP contribution is -1.99. The van der Waals surface area contributed by atoms with Gasteiger partial charge in [0.15, 0.2) is 0 Å². The highest BCUT2D eigenvalue weighted by molar-refractivity contribution is 7.08. The summed E-state index contributed by atoms with van der Waals surface area (Å²) in [6.07, 6.45) is 2.57. The van der Waals surface area contributed by atoms with Crippen LogP contribution in [0.25, 0.3) is 11.3 Å². The molecule has 4 heteroatoms. The predicted molar refractivity (Wildman–Crippen MR) is 63.4 cm³/mol. The van der Waals surface area contributed by atoms with Crippen LogP contribution >= 0.6 is 22.9 Å². The molecule has 2 nitrogen and oxygen atoms in total. The highest BCUT2D eigenvalue weighted by Gasteiger charge is 2.28. The largest absolute Gasteiger partial charge is 0.254 e. The van der Waals surface area contributed by atoms with E-state index in [4.69, 9.17) is 11.6 Å². The van der Waals surface area contributed by atoms with Gasteiger partial charge in [-0.15, -0.1) is 11.6 Å². The molecule has 1 fully saturated rings. The second-order valence-electron chi connectivity index (χ2n) is 3.86. The summed E-state index contributed by atoms with van der Waals surface area (Å²) in [6.45, 7) is 0. The summed E-state index contributed by atoms with van der Waals surface area (Å²) in [6, 6.07) is 4.74. The zero-order chi connectivity index (χ0) is 10.3. The molecule has 0 atom stereocenters. The maximum absolute atomic E-state index is 5.88. The Morgan fingerprint density at radius 2 is 2.40 bits per heavy atom. The Morgan fingerprint density at radius 1 is 1.53 bits per heavy atom. The Kier molecular flexibility index (Phi) is 2.29. The zero-order valence-electron chi connectivity index (χ0n) is 8.19. The molecule has 3 rings (SSSR count). The SMILES string of the molecule is ClCn1nc(-c2ccsc2)cc1C1CC1. The highest BCUT2D eigenvalue weighted by atomic mass is 35.5. The molecular formula is C11H11ClN2S. The molecule has 0 amide bonds. The second kappa shape index (κ2) is 3.65. The van der Waals surface area contributed by atoms with Crippen molar-refractivity contribution in [3.63, 3.8) is 0 Å². The van der Waals surface area contributed by atoms with Gasteiger partial charge in [-0.05, 0) is 30.4 Å². The molecule has 0 aromatic carbocycles. The van der Waals surface area contributed by atoms with Crippen molar-refractivity contribution in [2.24, 2.45) is 0 Å². The van der Waals surface area contributed by atoms with Crippen LogP contribution in [-0.4, -0.2) is 9.78 Å². The average Bonchev–Trinajstić information content (AvgIpc) is 2.83. The van der Waals surface area contributed by atoms with Gasteiger partial charge in [-0.25, -0.2) is 0 Å². The first-order chi connectivity index (χ1) is 7.38. The standard InChI is InChI=1S/C11H11ClN2S/c12-7-14-11(8-1-2-8)5-10(13-14)9-3-4-15-6-9/h3-6,8H,1-2,7H2. The van der Waals surface area contributed by atoms with E-state index in [1.807, 2.05) is 4.68 Å². The van der Waals surface area contributed by atoms with Crippen molar-refractivity contribution in [1.29, 1.82) is 0 Å². The Bertz CT molecular complexity index is 457. The molecule has 1 aliphatic rings. The van der Waals surface area contributed by atoms with Gasteiger partial charge in [0, 0.05) is 22.6 Å². The average molecular weight is 239 g/mol. The van der Waals surface area contributed by atoms with Gasteiger partial charge < -0.3 is 0 Å². The number of hydrogen-bond acceptors (Lipinski definition) is 2. The number of thiophene rings is 1. The van der Waals surface area contributed by atoms with Crippen LogP contribution < -0.4 is 0 Å². The fraction of sp³-hybridized carbons (Fsp3) is 0.364. The van der Waals surface area contributed by atoms with Crippen LogP contribution in [0.15, 0.2) is 22.9 Å². The fourth-order valence-electron chi connectivity index (χ4n) is 1.79. The summed E-state index contributed by atoms with van der Waals surface area (Å²) < 4.78 is 1.92. The summed E-state index contributed by atoms with van der Waals surface area (Å²) in [5.41, 5.74) is 3.55. The van der Waals surface area contributed by atoms with Gasteiger partial charge in [0.25, 0.3) is 0 Å². The van der Waals surface area contributed by atoms with Gasteiger partial charge >= 0.3 is 0 Å². The molecule has 0 radical (unpaired) electrons. The number of aromatic nitrogens is 2. The molecule has 0 unspecified atom stereocenters. The lowest BCUT2D eigenvalue weighted by atomic mass is 10.2. The summed E-state index contributed by atoms with van der Waals surface area (Å²) in [5, 5.41) is 8.72. The molecule has 0 spiro atoms. The number of rotatable bonds is 3. The van der Waals surface area contributed by atoms with Crippen molar-refractivity contribution in [3.8, 4) is 11.3 Å². The number of nitrogens with zero attached hydrogens (tertiary/aromatic N) is 2. The summed E-state index contributed by atoms with van der Waals surface area (Å²) in [5.74, 6) is 0.698. The highest BCUT2D eigenvalue weighted by Crippen LogP contribution is 2.41. The first-order valence-corrected chi connectivity index (χ1v) is 6.52. The van der Waals surface area contributed by atoms with Crippen LogP contribution in [-0.2, 0) is 6.00 Å². The Hall–Kier alpha value is -0.800. The first kappa shape index (κ1) is 9.43. The summed E-state index contributed by atoms with van der Waals surface area (Å²) in [4.78, 5) is 0. The van der Waals surface area contributed by atoms with E-state index in [1.54, 1.807) is 11.3 Å². The number of halogens is 1. The minimum absolute atomic E-state index is 0.454. The van der Waals surface area contributed by atoms with E-state index in [9.17, 15) is 0 Å². The summed E-state index contributed by atoms with van der Waals surface area (Å²) >= 11 is 7.58. The second-order valence-corrected chi connectivity index (χ2v) is 4.88. The van der Waals surface area contributed by atoms with Crippen LogP contribution in [0.2, 0.25) is 0 Å². The smallest absolute Gasteiger partial charge is 0.115 e. The summed E-state index contributed by atoms with van der Waals surface area (Å²) in [7, 11) is 0. The number of hydrogen-bond donors (Lipinski definition) is 0. The van der Waals surface area contributed by atoms with Gasteiger partial charge in [0.2, 0.25) is 0 Å². The Morgan fingerprint density at radius 3 is 3.00 bits per heavy atom. The molecule has 1 saturated carbocycles. The van der Waals surface area contributed by atoms with Gasteiger partial charge in [-0.1, -0.05) is 0 Å². The topological polar surface area (TPSA) is 17.8 Å². The molecule has 15 heavy (non-hydrogen) atoms. The molecule has 2 heterocycles. The third-order valence-corrected chi connectivity index (χ3v) is 3.65. The minimum Gasteiger partial charge on any atom is -0.254 e. The number of alkyl halides is 1. The molecular weight excluding hydrogens is 228 g/mol. The maximum atomic E-state index is 5.88. The minimum atomic E-state index is 0.454. The van der Waals surface area contributed by atoms with Crippen molar-refractivity contribution < 1.29 is 0 Å². The Labute approximate surface area is 97.5 Å². The normalized spacial score (nSPS) is 15.8. The van der Waals surface area contributed by atoms with Crippen LogP contribution in [0.5, 0.6) is 0 Å². The van der Waals surface area contributed by atoms with Crippen molar-refractivity contribution in [2.45, 2.75) is 24.8 Å². The van der Waals surface area contributed by atoms with Crippen molar-refractivity contribution in [3.05, 3.63) is 28.6 Å². The molecule has 0 saturated heterocycles. The predicted octanol–water partition coefficient (Wildman–Crippen LogP) is 3.69. The zero-order valence-corrected chi connectivity index (χ0v) is 9.76. The maximum Gasteiger partial charge on any atom is 0.115 e.